The standard InChI is InChI=1S/C4H8FNO2/c1-6(5)2-4(8)3-7/h7H,2-3H2,1H3. The van der Waals surface area contributed by atoms with Gasteiger partial charge in [-0.3, -0.25) is 4.79 Å². The van der Waals surface area contributed by atoms with Crippen molar-refractivity contribution in [3.8, 4) is 0 Å². The highest BCUT2D eigenvalue weighted by atomic mass is 19.2. The van der Waals surface area contributed by atoms with Crippen LogP contribution in [-0.4, -0.2) is 36.2 Å². The molecule has 0 aliphatic rings. The molecule has 0 saturated heterocycles. The summed E-state index contributed by atoms with van der Waals surface area (Å²) in [6, 6.07) is 0. The summed E-state index contributed by atoms with van der Waals surface area (Å²) in [5.41, 5.74) is 0. The number of rotatable bonds is 3. The van der Waals surface area contributed by atoms with Gasteiger partial charge in [0.25, 0.3) is 0 Å². The maximum absolute atomic E-state index is 11.6. The van der Waals surface area contributed by atoms with Crippen LogP contribution in [0.5, 0.6) is 0 Å². The van der Waals surface area contributed by atoms with Gasteiger partial charge in [0.1, 0.15) is 6.61 Å². The van der Waals surface area contributed by atoms with E-state index < -0.39 is 12.4 Å². The fourth-order valence-electron chi connectivity index (χ4n) is 0.293. The number of Topliss-reactive ketones (excluding diaryl/α,β-unsaturated/α-hetero) is 1. The third kappa shape index (κ3) is 3.70. The first-order valence-electron chi connectivity index (χ1n) is 2.16. The van der Waals surface area contributed by atoms with Gasteiger partial charge in [-0.1, -0.05) is 0 Å². The highest BCUT2D eigenvalue weighted by Gasteiger charge is 2.01. The smallest absolute Gasteiger partial charge is 0.174 e. The summed E-state index contributed by atoms with van der Waals surface area (Å²) < 4.78 is 11.6. The largest absolute Gasteiger partial charge is 0.389 e. The number of carbonyl (C=O) groups is 1. The number of halogens is 1. The van der Waals surface area contributed by atoms with Crippen molar-refractivity contribution in [1.29, 1.82) is 0 Å². The maximum Gasteiger partial charge on any atom is 0.174 e. The van der Waals surface area contributed by atoms with Gasteiger partial charge < -0.3 is 5.11 Å². The molecule has 48 valence electrons. The average molecular weight is 121 g/mol. The topological polar surface area (TPSA) is 40.5 Å². The van der Waals surface area contributed by atoms with E-state index in [1.54, 1.807) is 0 Å². The first kappa shape index (κ1) is 7.52. The molecule has 0 unspecified atom stereocenters. The van der Waals surface area contributed by atoms with Gasteiger partial charge in [0, 0.05) is 7.05 Å². The fourth-order valence-corrected chi connectivity index (χ4v) is 0.293. The predicted octanol–water partition coefficient (Wildman–Crippen LogP) is -0.636. The van der Waals surface area contributed by atoms with E-state index in [9.17, 15) is 9.28 Å². The number of aliphatic hydroxyl groups is 1. The molecule has 0 aromatic carbocycles. The molecule has 0 saturated carbocycles. The maximum atomic E-state index is 11.6. The van der Waals surface area contributed by atoms with Crippen molar-refractivity contribution in [3.63, 3.8) is 0 Å². The molecule has 0 spiro atoms. The zero-order valence-electron chi connectivity index (χ0n) is 4.59. The second kappa shape index (κ2) is 3.51. The molecule has 0 aliphatic heterocycles. The van der Waals surface area contributed by atoms with Crippen LogP contribution in [-0.2, 0) is 4.79 Å². The Morgan fingerprint density at radius 3 is 2.50 bits per heavy atom. The van der Waals surface area contributed by atoms with Gasteiger partial charge in [0.15, 0.2) is 5.78 Å². The molecule has 0 rings (SSSR count). The zero-order valence-corrected chi connectivity index (χ0v) is 4.59. The van der Waals surface area contributed by atoms with Crippen LogP contribution in [0.2, 0.25) is 0 Å². The monoisotopic (exact) mass is 121 g/mol. The Morgan fingerprint density at radius 2 is 2.38 bits per heavy atom. The van der Waals surface area contributed by atoms with E-state index in [2.05, 4.69) is 0 Å². The third-order valence-electron chi connectivity index (χ3n) is 0.571. The van der Waals surface area contributed by atoms with Crippen molar-refractivity contribution >= 4 is 5.78 Å². The predicted molar refractivity (Wildman–Crippen MR) is 25.8 cm³/mol. The number of carbonyl (C=O) groups excluding carboxylic acids is 1. The number of ketones is 1. The van der Waals surface area contributed by atoms with Crippen molar-refractivity contribution in [1.82, 2.24) is 5.12 Å². The first-order chi connectivity index (χ1) is 3.66. The summed E-state index contributed by atoms with van der Waals surface area (Å²) in [6.07, 6.45) is 0. The first-order valence-corrected chi connectivity index (χ1v) is 2.16. The molecule has 1 N–H and O–H groups in total. The van der Waals surface area contributed by atoms with Crippen LogP contribution in [0.25, 0.3) is 0 Å². The van der Waals surface area contributed by atoms with Gasteiger partial charge in [-0.15, -0.1) is 9.60 Å². The molecule has 0 amide bonds. The van der Waals surface area contributed by atoms with Crippen LogP contribution >= 0.6 is 0 Å². The Bertz CT molecular complexity index is 84.1. The molecule has 0 heterocycles. The highest BCUT2D eigenvalue weighted by molar-refractivity contribution is 5.81. The minimum Gasteiger partial charge on any atom is -0.389 e. The fraction of sp³-hybridized carbons (Fsp3) is 0.750. The SMILES string of the molecule is CN(F)CC(=O)CO. The van der Waals surface area contributed by atoms with E-state index >= 15 is 0 Å². The molecule has 0 atom stereocenters. The van der Waals surface area contributed by atoms with E-state index in [0.29, 0.717) is 0 Å². The van der Waals surface area contributed by atoms with Gasteiger partial charge >= 0.3 is 0 Å². The minimum absolute atomic E-state index is 0.221. The number of aliphatic hydroxyl groups excluding tert-OH is 1. The molecule has 4 heteroatoms. The number of hydrogen-bond acceptors (Lipinski definition) is 3. The van der Waals surface area contributed by atoms with Crippen molar-refractivity contribution in [2.24, 2.45) is 0 Å². The van der Waals surface area contributed by atoms with Gasteiger partial charge in [0.2, 0.25) is 0 Å². The van der Waals surface area contributed by atoms with Crippen LogP contribution in [0.15, 0.2) is 0 Å². The van der Waals surface area contributed by atoms with Crippen LogP contribution in [0.3, 0.4) is 0 Å². The summed E-state index contributed by atoms with van der Waals surface area (Å²) in [7, 11) is 1.12. The van der Waals surface area contributed by atoms with Gasteiger partial charge in [-0.2, -0.15) is 0 Å². The third-order valence-corrected chi connectivity index (χ3v) is 0.571. The summed E-state index contributed by atoms with van der Waals surface area (Å²) in [6.45, 7) is -0.926. The Labute approximate surface area is 46.7 Å². The molecule has 0 bridgehead atoms. The van der Waals surface area contributed by atoms with E-state index in [-0.39, 0.29) is 11.7 Å². The minimum atomic E-state index is -0.589. The van der Waals surface area contributed by atoms with Crippen LogP contribution in [0.1, 0.15) is 0 Å². The van der Waals surface area contributed by atoms with Gasteiger partial charge in [0.05, 0.1) is 6.54 Å². The summed E-state index contributed by atoms with van der Waals surface area (Å²) in [5.74, 6) is -0.519. The van der Waals surface area contributed by atoms with E-state index in [4.69, 9.17) is 5.11 Å². The molecule has 0 radical (unpaired) electrons. The van der Waals surface area contributed by atoms with Gasteiger partial charge in [-0.05, 0) is 0 Å². The van der Waals surface area contributed by atoms with Crippen LogP contribution in [0.4, 0.5) is 4.48 Å². The molecule has 3 nitrogen and oxygen atoms in total. The average Bonchev–Trinajstić information content (AvgIpc) is 1.65. The Kier molecular flexibility index (Phi) is 3.30. The Hall–Kier alpha value is -0.480. The lowest BCUT2D eigenvalue weighted by molar-refractivity contribution is -0.125. The second-order valence-electron chi connectivity index (χ2n) is 1.46. The number of nitrogens with zero attached hydrogens (tertiary/aromatic N) is 1. The molecule has 8 heavy (non-hydrogen) atoms. The lowest BCUT2D eigenvalue weighted by atomic mass is 10.4. The van der Waals surface area contributed by atoms with Gasteiger partial charge in [-0.25, -0.2) is 0 Å². The molecule has 0 aromatic heterocycles. The lowest BCUT2D eigenvalue weighted by Crippen LogP contribution is -2.20. The number of hydrogen-bond donors (Lipinski definition) is 1. The van der Waals surface area contributed by atoms with E-state index in [1.807, 2.05) is 0 Å². The summed E-state index contributed by atoms with van der Waals surface area (Å²) >= 11 is 0. The quantitative estimate of drug-likeness (QED) is 0.505. The number of likely N-dealkylation sites (N-methyl/N-ethyl adjacent to an activating group) is 1. The van der Waals surface area contributed by atoms with Crippen molar-refractivity contribution in [2.45, 2.75) is 0 Å². The molecule has 0 fully saturated rings. The van der Waals surface area contributed by atoms with Crippen LogP contribution in [0, 0.1) is 0 Å². The van der Waals surface area contributed by atoms with E-state index in [1.165, 1.54) is 0 Å². The second-order valence-corrected chi connectivity index (χ2v) is 1.46. The Morgan fingerprint density at radius 1 is 1.88 bits per heavy atom. The lowest BCUT2D eigenvalue weighted by Gasteiger charge is -1.99. The van der Waals surface area contributed by atoms with Crippen molar-refractivity contribution < 1.29 is 14.4 Å². The molecule has 0 aromatic rings. The molecule has 0 aliphatic carbocycles. The Balaban J connectivity index is 3.25. The van der Waals surface area contributed by atoms with Crippen LogP contribution < -0.4 is 0 Å². The normalized spacial score (nSPS) is 10.0. The summed E-state index contributed by atoms with van der Waals surface area (Å²) in [4.78, 5) is 10.1. The van der Waals surface area contributed by atoms with Crippen molar-refractivity contribution in [2.75, 3.05) is 20.2 Å². The summed E-state index contributed by atoms with van der Waals surface area (Å²) in [5, 5.41) is 8.26. The molecular formula is C4H8FNO2. The highest BCUT2D eigenvalue weighted by Crippen LogP contribution is 1.80. The van der Waals surface area contributed by atoms with Crippen molar-refractivity contribution in [3.05, 3.63) is 0 Å². The molecular weight excluding hydrogens is 113 g/mol. The zero-order chi connectivity index (χ0) is 6.57. The van der Waals surface area contributed by atoms with E-state index in [0.717, 1.165) is 7.05 Å².